The summed E-state index contributed by atoms with van der Waals surface area (Å²) in [7, 11) is 3.78. The third-order valence-corrected chi connectivity index (χ3v) is 3.13. The summed E-state index contributed by atoms with van der Waals surface area (Å²) in [6, 6.07) is 14.6. The van der Waals surface area contributed by atoms with Crippen LogP contribution < -0.4 is 10.3 Å². The molecule has 0 atom stereocenters. The number of hydrazone groups is 1. The Morgan fingerprint density at radius 3 is 2.48 bits per heavy atom. The van der Waals surface area contributed by atoms with Gasteiger partial charge in [-0.2, -0.15) is 5.10 Å². The zero-order valence-electron chi connectivity index (χ0n) is 11.9. The predicted octanol–water partition coefficient (Wildman–Crippen LogP) is 3.17. The molecule has 0 spiro atoms. The molecular weight excluding hydrogens is 286 g/mol. The molecule has 4 nitrogen and oxygen atoms in total. The van der Waals surface area contributed by atoms with Crippen molar-refractivity contribution in [2.45, 2.75) is 0 Å². The molecule has 108 valence electrons. The molecule has 0 aliphatic carbocycles. The summed E-state index contributed by atoms with van der Waals surface area (Å²) < 4.78 is 0. The molecule has 0 saturated carbocycles. The Morgan fingerprint density at radius 1 is 1.14 bits per heavy atom. The van der Waals surface area contributed by atoms with E-state index in [0.717, 1.165) is 11.3 Å². The summed E-state index contributed by atoms with van der Waals surface area (Å²) in [5, 5.41) is 4.62. The molecule has 1 amide bonds. The molecule has 21 heavy (non-hydrogen) atoms. The second-order valence-corrected chi connectivity index (χ2v) is 5.10. The van der Waals surface area contributed by atoms with E-state index in [9.17, 15) is 4.79 Å². The monoisotopic (exact) mass is 301 g/mol. The summed E-state index contributed by atoms with van der Waals surface area (Å²) in [5.41, 5.74) is 4.81. The van der Waals surface area contributed by atoms with E-state index >= 15 is 0 Å². The van der Waals surface area contributed by atoms with Crippen molar-refractivity contribution in [1.82, 2.24) is 5.43 Å². The predicted molar refractivity (Wildman–Crippen MR) is 87.3 cm³/mol. The third kappa shape index (κ3) is 4.07. The van der Waals surface area contributed by atoms with Crippen LogP contribution in [0.4, 0.5) is 5.69 Å². The van der Waals surface area contributed by atoms with Gasteiger partial charge in [0.25, 0.3) is 5.91 Å². The van der Waals surface area contributed by atoms with E-state index in [4.69, 9.17) is 11.6 Å². The Balaban J connectivity index is 2.07. The van der Waals surface area contributed by atoms with E-state index in [1.54, 1.807) is 24.4 Å². The number of hydrogen-bond donors (Lipinski definition) is 1. The number of para-hydroxylation sites is 1. The van der Waals surface area contributed by atoms with Crippen LogP contribution in [-0.4, -0.2) is 26.2 Å². The zero-order valence-corrected chi connectivity index (χ0v) is 12.6. The largest absolute Gasteiger partial charge is 0.377 e. The van der Waals surface area contributed by atoms with Crippen LogP contribution in [0.15, 0.2) is 53.6 Å². The minimum absolute atomic E-state index is 0.246. The number of carbonyl (C=O) groups is 1. The highest BCUT2D eigenvalue weighted by Gasteiger charge is 2.10. The number of benzene rings is 2. The van der Waals surface area contributed by atoms with Crippen LogP contribution in [0.25, 0.3) is 0 Å². The van der Waals surface area contributed by atoms with Crippen LogP contribution in [0.5, 0.6) is 0 Å². The van der Waals surface area contributed by atoms with Crippen molar-refractivity contribution in [3.8, 4) is 0 Å². The summed E-state index contributed by atoms with van der Waals surface area (Å²) in [6.07, 6.45) is 1.58. The van der Waals surface area contributed by atoms with E-state index in [1.807, 2.05) is 49.3 Å². The molecule has 2 rings (SSSR count). The Bertz CT molecular complexity index is 651. The smallest absolute Gasteiger partial charge is 0.273 e. The van der Waals surface area contributed by atoms with E-state index in [-0.39, 0.29) is 5.91 Å². The van der Waals surface area contributed by atoms with Gasteiger partial charge in [0.2, 0.25) is 0 Å². The van der Waals surface area contributed by atoms with Gasteiger partial charge in [-0.05, 0) is 29.8 Å². The number of carbonyl (C=O) groups excluding carboxylic acids is 1. The van der Waals surface area contributed by atoms with Gasteiger partial charge in [-0.25, -0.2) is 5.43 Å². The standard InChI is InChI=1S/C16H16ClN3O/c1-20(2)15-6-4-3-5-14(15)16(21)19-18-11-12-7-9-13(17)10-8-12/h3-11H,1-2H3,(H,19,21)/b18-11+. The summed E-state index contributed by atoms with van der Waals surface area (Å²) >= 11 is 5.80. The lowest BCUT2D eigenvalue weighted by Gasteiger charge is -2.15. The maximum Gasteiger partial charge on any atom is 0.273 e. The van der Waals surface area contributed by atoms with Crippen molar-refractivity contribution >= 4 is 29.4 Å². The van der Waals surface area contributed by atoms with Crippen molar-refractivity contribution in [3.63, 3.8) is 0 Å². The molecule has 2 aromatic rings. The topological polar surface area (TPSA) is 44.7 Å². The van der Waals surface area contributed by atoms with Gasteiger partial charge in [-0.15, -0.1) is 0 Å². The number of nitrogens with one attached hydrogen (secondary N) is 1. The van der Waals surface area contributed by atoms with Crippen LogP contribution in [0.2, 0.25) is 5.02 Å². The van der Waals surface area contributed by atoms with Crippen molar-refractivity contribution in [3.05, 3.63) is 64.7 Å². The second kappa shape index (κ2) is 6.90. The first-order valence-corrected chi connectivity index (χ1v) is 6.81. The third-order valence-electron chi connectivity index (χ3n) is 2.88. The molecule has 0 saturated heterocycles. The molecular formula is C16H16ClN3O. The molecule has 0 radical (unpaired) electrons. The second-order valence-electron chi connectivity index (χ2n) is 4.66. The van der Waals surface area contributed by atoms with Crippen LogP contribution in [0.3, 0.4) is 0 Å². The first-order valence-electron chi connectivity index (χ1n) is 6.43. The molecule has 5 heteroatoms. The van der Waals surface area contributed by atoms with Gasteiger partial charge in [0.05, 0.1) is 11.8 Å². The van der Waals surface area contributed by atoms with Crippen molar-refractivity contribution in [1.29, 1.82) is 0 Å². The first kappa shape index (κ1) is 15.1. The lowest BCUT2D eigenvalue weighted by atomic mass is 10.1. The van der Waals surface area contributed by atoms with E-state index < -0.39 is 0 Å². The van der Waals surface area contributed by atoms with E-state index in [0.29, 0.717) is 10.6 Å². The Labute approximate surface area is 129 Å². The molecule has 0 bridgehead atoms. The van der Waals surface area contributed by atoms with Gasteiger partial charge in [-0.1, -0.05) is 35.9 Å². The van der Waals surface area contributed by atoms with Crippen LogP contribution in [-0.2, 0) is 0 Å². The van der Waals surface area contributed by atoms with Gasteiger partial charge in [-0.3, -0.25) is 4.79 Å². The van der Waals surface area contributed by atoms with Crippen LogP contribution in [0, 0.1) is 0 Å². The van der Waals surface area contributed by atoms with Gasteiger partial charge < -0.3 is 4.90 Å². The van der Waals surface area contributed by atoms with Gasteiger partial charge >= 0.3 is 0 Å². The van der Waals surface area contributed by atoms with E-state index in [2.05, 4.69) is 10.5 Å². The van der Waals surface area contributed by atoms with Gasteiger partial charge in [0, 0.05) is 24.8 Å². The summed E-state index contributed by atoms with van der Waals surface area (Å²) in [6.45, 7) is 0. The fourth-order valence-corrected chi connectivity index (χ4v) is 1.96. The van der Waals surface area contributed by atoms with Gasteiger partial charge in [0.1, 0.15) is 0 Å². The van der Waals surface area contributed by atoms with Crippen molar-refractivity contribution < 1.29 is 4.79 Å². The maximum atomic E-state index is 12.1. The Kier molecular flexibility index (Phi) is 4.95. The summed E-state index contributed by atoms with van der Waals surface area (Å²) in [5.74, 6) is -0.246. The molecule has 0 fully saturated rings. The molecule has 0 aliphatic rings. The average Bonchev–Trinajstić information content (AvgIpc) is 2.49. The van der Waals surface area contributed by atoms with Crippen LogP contribution >= 0.6 is 11.6 Å². The van der Waals surface area contributed by atoms with Crippen molar-refractivity contribution in [2.24, 2.45) is 5.10 Å². The molecule has 0 heterocycles. The highest BCUT2D eigenvalue weighted by atomic mass is 35.5. The van der Waals surface area contributed by atoms with Crippen molar-refractivity contribution in [2.75, 3.05) is 19.0 Å². The molecule has 2 aromatic carbocycles. The molecule has 0 aliphatic heterocycles. The first-order chi connectivity index (χ1) is 10.1. The number of anilines is 1. The lowest BCUT2D eigenvalue weighted by molar-refractivity contribution is 0.0955. The number of amides is 1. The van der Waals surface area contributed by atoms with E-state index in [1.165, 1.54) is 0 Å². The highest BCUT2D eigenvalue weighted by Crippen LogP contribution is 2.17. The van der Waals surface area contributed by atoms with Gasteiger partial charge in [0.15, 0.2) is 0 Å². The number of nitrogens with zero attached hydrogens (tertiary/aromatic N) is 2. The number of hydrogen-bond acceptors (Lipinski definition) is 3. The normalized spacial score (nSPS) is 10.6. The minimum Gasteiger partial charge on any atom is -0.377 e. The lowest BCUT2D eigenvalue weighted by Crippen LogP contribution is -2.21. The average molecular weight is 302 g/mol. The highest BCUT2D eigenvalue weighted by molar-refractivity contribution is 6.30. The Morgan fingerprint density at radius 2 is 1.81 bits per heavy atom. The maximum absolute atomic E-state index is 12.1. The molecule has 0 unspecified atom stereocenters. The fourth-order valence-electron chi connectivity index (χ4n) is 1.83. The van der Waals surface area contributed by atoms with Crippen LogP contribution in [0.1, 0.15) is 15.9 Å². The minimum atomic E-state index is -0.246. The zero-order chi connectivity index (χ0) is 15.2. The number of rotatable bonds is 4. The molecule has 0 aromatic heterocycles. The summed E-state index contributed by atoms with van der Waals surface area (Å²) in [4.78, 5) is 14.0. The molecule has 1 N–H and O–H groups in total. The fraction of sp³-hybridized carbons (Fsp3) is 0.125. The SMILES string of the molecule is CN(C)c1ccccc1C(=O)N/N=C/c1ccc(Cl)cc1. The Hall–Kier alpha value is -2.33. The quantitative estimate of drug-likeness (QED) is 0.696. The number of halogens is 1.